The number of esters is 1. The summed E-state index contributed by atoms with van der Waals surface area (Å²) in [6.07, 6.45) is 0. The first-order chi connectivity index (χ1) is 10.1. The van der Waals surface area contributed by atoms with Crippen molar-refractivity contribution in [3.05, 3.63) is 63.1 Å². The predicted molar refractivity (Wildman–Crippen MR) is 85.2 cm³/mol. The highest BCUT2D eigenvalue weighted by Gasteiger charge is 2.14. The van der Waals surface area contributed by atoms with Crippen LogP contribution in [0.25, 0.3) is 10.2 Å². The highest BCUT2D eigenvalue weighted by Crippen LogP contribution is 2.24. The smallest absolute Gasteiger partial charge is 0.340 e. The lowest BCUT2D eigenvalue weighted by Gasteiger charge is -2.05. The van der Waals surface area contributed by atoms with Crippen LogP contribution in [0, 0.1) is 0 Å². The molecule has 3 aromatic rings. The Hall–Kier alpha value is -1.62. The van der Waals surface area contributed by atoms with Gasteiger partial charge in [-0.15, -0.1) is 11.3 Å². The average molecular weight is 338 g/mol. The Kier molecular flexibility index (Phi) is 4.10. The highest BCUT2D eigenvalue weighted by molar-refractivity contribution is 7.18. The SMILES string of the molecule is O=C(OCc1nc2ccccc2s1)c1cc(Cl)ccc1Cl. The maximum atomic E-state index is 12.0. The zero-order valence-electron chi connectivity index (χ0n) is 10.7. The molecule has 0 spiro atoms. The Bertz CT molecular complexity index is 783. The summed E-state index contributed by atoms with van der Waals surface area (Å²) < 4.78 is 6.30. The summed E-state index contributed by atoms with van der Waals surface area (Å²) in [5.41, 5.74) is 1.15. The van der Waals surface area contributed by atoms with Gasteiger partial charge >= 0.3 is 5.97 Å². The van der Waals surface area contributed by atoms with Crippen LogP contribution in [0.15, 0.2) is 42.5 Å². The quantitative estimate of drug-likeness (QED) is 0.634. The van der Waals surface area contributed by atoms with Crippen LogP contribution in [-0.2, 0) is 11.3 Å². The molecule has 0 atom stereocenters. The van der Waals surface area contributed by atoms with Gasteiger partial charge in [0, 0.05) is 5.02 Å². The number of carbonyl (C=O) groups is 1. The maximum Gasteiger partial charge on any atom is 0.340 e. The maximum absolute atomic E-state index is 12.0. The van der Waals surface area contributed by atoms with E-state index in [9.17, 15) is 4.79 Å². The molecule has 106 valence electrons. The van der Waals surface area contributed by atoms with Gasteiger partial charge in [-0.2, -0.15) is 0 Å². The van der Waals surface area contributed by atoms with E-state index in [1.165, 1.54) is 17.4 Å². The summed E-state index contributed by atoms with van der Waals surface area (Å²) in [5, 5.41) is 1.49. The van der Waals surface area contributed by atoms with Crippen LogP contribution in [0.5, 0.6) is 0 Å². The molecule has 0 amide bonds. The first-order valence-corrected chi connectivity index (χ1v) is 7.67. The fourth-order valence-corrected chi connectivity index (χ4v) is 3.09. The molecule has 0 aliphatic heterocycles. The minimum atomic E-state index is -0.512. The van der Waals surface area contributed by atoms with Crippen molar-refractivity contribution in [2.75, 3.05) is 0 Å². The van der Waals surface area contributed by atoms with Crippen LogP contribution in [-0.4, -0.2) is 11.0 Å². The van der Waals surface area contributed by atoms with Gasteiger partial charge < -0.3 is 4.74 Å². The Morgan fingerprint density at radius 2 is 2.00 bits per heavy atom. The molecule has 0 N–H and O–H groups in total. The number of nitrogens with zero attached hydrogens (tertiary/aromatic N) is 1. The summed E-state index contributed by atoms with van der Waals surface area (Å²) in [7, 11) is 0. The van der Waals surface area contributed by atoms with E-state index in [2.05, 4.69) is 4.98 Å². The first kappa shape index (κ1) is 14.3. The Morgan fingerprint density at radius 3 is 2.81 bits per heavy atom. The van der Waals surface area contributed by atoms with Crippen LogP contribution < -0.4 is 0 Å². The highest BCUT2D eigenvalue weighted by atomic mass is 35.5. The first-order valence-electron chi connectivity index (χ1n) is 6.10. The van der Waals surface area contributed by atoms with Crippen molar-refractivity contribution in [2.45, 2.75) is 6.61 Å². The van der Waals surface area contributed by atoms with E-state index in [4.69, 9.17) is 27.9 Å². The van der Waals surface area contributed by atoms with Gasteiger partial charge in [0.15, 0.2) is 0 Å². The molecular weight excluding hydrogens is 329 g/mol. The number of carbonyl (C=O) groups excluding carboxylic acids is 1. The summed E-state index contributed by atoms with van der Waals surface area (Å²) in [6.45, 7) is 0.112. The van der Waals surface area contributed by atoms with Crippen molar-refractivity contribution in [1.82, 2.24) is 4.98 Å². The zero-order chi connectivity index (χ0) is 14.8. The van der Waals surface area contributed by atoms with Crippen molar-refractivity contribution in [3.8, 4) is 0 Å². The standard InChI is InChI=1S/C15H9Cl2NO2S/c16-9-5-6-11(17)10(7-9)15(19)20-8-14-18-12-3-1-2-4-13(12)21-14/h1-7H,8H2. The van der Waals surface area contributed by atoms with Crippen LogP contribution in [0.3, 0.4) is 0 Å². The molecule has 0 aliphatic carbocycles. The molecular formula is C15H9Cl2NO2S. The van der Waals surface area contributed by atoms with E-state index >= 15 is 0 Å². The van der Waals surface area contributed by atoms with Gasteiger partial charge in [0.25, 0.3) is 0 Å². The van der Waals surface area contributed by atoms with E-state index in [1.807, 2.05) is 24.3 Å². The molecule has 0 unspecified atom stereocenters. The number of para-hydroxylation sites is 1. The molecule has 0 fully saturated rings. The molecule has 1 heterocycles. The van der Waals surface area contributed by atoms with E-state index in [0.717, 1.165) is 15.2 Å². The van der Waals surface area contributed by atoms with Gasteiger partial charge in [0.05, 0.1) is 20.8 Å². The molecule has 2 aromatic carbocycles. The monoisotopic (exact) mass is 337 g/mol. The molecule has 3 rings (SSSR count). The molecule has 1 aromatic heterocycles. The van der Waals surface area contributed by atoms with Gasteiger partial charge in [0.1, 0.15) is 11.6 Å². The third-order valence-electron chi connectivity index (χ3n) is 2.81. The second-order valence-electron chi connectivity index (χ2n) is 4.28. The van der Waals surface area contributed by atoms with Crippen LogP contribution in [0.4, 0.5) is 0 Å². The molecule has 0 bridgehead atoms. The Morgan fingerprint density at radius 1 is 1.19 bits per heavy atom. The minimum absolute atomic E-state index is 0.112. The molecule has 21 heavy (non-hydrogen) atoms. The number of hydrogen-bond acceptors (Lipinski definition) is 4. The number of fused-ring (bicyclic) bond motifs is 1. The summed E-state index contributed by atoms with van der Waals surface area (Å²) in [6, 6.07) is 12.4. The van der Waals surface area contributed by atoms with Gasteiger partial charge in [-0.3, -0.25) is 0 Å². The molecule has 0 saturated carbocycles. The fraction of sp³-hybridized carbons (Fsp3) is 0.0667. The van der Waals surface area contributed by atoms with E-state index in [1.54, 1.807) is 12.1 Å². The lowest BCUT2D eigenvalue weighted by Crippen LogP contribution is -2.05. The normalized spacial score (nSPS) is 10.8. The number of hydrogen-bond donors (Lipinski definition) is 0. The molecule has 6 heteroatoms. The number of halogens is 2. The third kappa shape index (κ3) is 3.18. The number of rotatable bonds is 3. The van der Waals surface area contributed by atoms with Crippen molar-refractivity contribution in [2.24, 2.45) is 0 Å². The van der Waals surface area contributed by atoms with Crippen LogP contribution >= 0.6 is 34.5 Å². The number of aromatic nitrogens is 1. The van der Waals surface area contributed by atoms with Crippen molar-refractivity contribution in [1.29, 1.82) is 0 Å². The van der Waals surface area contributed by atoms with Gasteiger partial charge in [0.2, 0.25) is 0 Å². The zero-order valence-corrected chi connectivity index (χ0v) is 13.0. The molecule has 0 saturated heterocycles. The second-order valence-corrected chi connectivity index (χ2v) is 6.23. The van der Waals surface area contributed by atoms with E-state index < -0.39 is 5.97 Å². The number of benzene rings is 2. The van der Waals surface area contributed by atoms with Crippen molar-refractivity contribution >= 4 is 50.7 Å². The van der Waals surface area contributed by atoms with Gasteiger partial charge in [-0.05, 0) is 30.3 Å². The van der Waals surface area contributed by atoms with Crippen molar-refractivity contribution < 1.29 is 9.53 Å². The lowest BCUT2D eigenvalue weighted by atomic mass is 10.2. The second kappa shape index (κ2) is 6.02. The van der Waals surface area contributed by atoms with E-state index in [-0.39, 0.29) is 12.2 Å². The Labute approximate surface area is 135 Å². The molecule has 0 radical (unpaired) electrons. The van der Waals surface area contributed by atoms with Crippen LogP contribution in [0.1, 0.15) is 15.4 Å². The predicted octanol–water partition coefficient (Wildman–Crippen LogP) is 4.96. The molecule has 0 aliphatic rings. The van der Waals surface area contributed by atoms with Gasteiger partial charge in [-0.1, -0.05) is 35.3 Å². The summed E-state index contributed by atoms with van der Waals surface area (Å²) in [4.78, 5) is 16.4. The van der Waals surface area contributed by atoms with Crippen LogP contribution in [0.2, 0.25) is 10.0 Å². The van der Waals surface area contributed by atoms with Crippen molar-refractivity contribution in [3.63, 3.8) is 0 Å². The third-order valence-corrected chi connectivity index (χ3v) is 4.39. The fourth-order valence-electron chi connectivity index (χ4n) is 1.84. The Balaban J connectivity index is 1.74. The largest absolute Gasteiger partial charge is 0.455 e. The minimum Gasteiger partial charge on any atom is -0.455 e. The van der Waals surface area contributed by atoms with E-state index in [0.29, 0.717) is 10.0 Å². The number of ether oxygens (including phenoxy) is 1. The average Bonchev–Trinajstić information content (AvgIpc) is 2.90. The topological polar surface area (TPSA) is 39.2 Å². The summed E-state index contributed by atoms with van der Waals surface area (Å²) >= 11 is 13.3. The van der Waals surface area contributed by atoms with Gasteiger partial charge in [-0.25, -0.2) is 9.78 Å². The number of thiazole rings is 1. The lowest BCUT2D eigenvalue weighted by molar-refractivity contribution is 0.0473. The molecule has 3 nitrogen and oxygen atoms in total. The summed E-state index contributed by atoms with van der Waals surface area (Å²) in [5.74, 6) is -0.512.